The molecule has 1 amide bonds. The van der Waals surface area contributed by atoms with Crippen molar-refractivity contribution in [2.24, 2.45) is 5.92 Å². The van der Waals surface area contributed by atoms with Crippen molar-refractivity contribution in [3.63, 3.8) is 0 Å². The van der Waals surface area contributed by atoms with E-state index in [2.05, 4.69) is 21.8 Å². The molecule has 2 aromatic rings. The van der Waals surface area contributed by atoms with Crippen molar-refractivity contribution in [3.8, 4) is 11.6 Å². The van der Waals surface area contributed by atoms with Crippen molar-refractivity contribution in [3.05, 3.63) is 42.2 Å². The van der Waals surface area contributed by atoms with E-state index in [1.807, 2.05) is 42.2 Å². The molecule has 0 spiro atoms. The largest absolute Gasteiger partial charge is 0.439 e. The van der Waals surface area contributed by atoms with Gasteiger partial charge in [0, 0.05) is 37.7 Å². The van der Waals surface area contributed by atoms with Gasteiger partial charge in [-0.15, -0.1) is 0 Å². The summed E-state index contributed by atoms with van der Waals surface area (Å²) in [5.74, 6) is 2.74. The molecule has 4 rings (SSSR count). The number of aromatic nitrogens is 2. The first-order valence-electron chi connectivity index (χ1n) is 9.22. The van der Waals surface area contributed by atoms with Crippen LogP contribution in [0.25, 0.3) is 0 Å². The monoisotopic (exact) mass is 352 g/mol. The fourth-order valence-electron chi connectivity index (χ4n) is 3.42. The molecular weight excluding hydrogens is 328 g/mol. The molecule has 1 unspecified atom stereocenters. The molecule has 1 aliphatic carbocycles. The minimum absolute atomic E-state index is 0.188. The van der Waals surface area contributed by atoms with Gasteiger partial charge in [-0.2, -0.15) is 0 Å². The number of hydrogen-bond acceptors (Lipinski definition) is 5. The summed E-state index contributed by atoms with van der Waals surface area (Å²) in [4.78, 5) is 25.2. The predicted octanol–water partition coefficient (Wildman–Crippen LogP) is 3.02. The Morgan fingerprint density at radius 1 is 1.19 bits per heavy atom. The van der Waals surface area contributed by atoms with Crippen LogP contribution in [-0.2, 0) is 4.79 Å². The van der Waals surface area contributed by atoms with E-state index in [9.17, 15) is 4.79 Å². The molecule has 0 N–H and O–H groups in total. The highest BCUT2D eigenvalue weighted by Gasteiger charge is 2.37. The van der Waals surface area contributed by atoms with Crippen LogP contribution < -0.4 is 9.64 Å². The summed E-state index contributed by atoms with van der Waals surface area (Å²) in [6.45, 7) is 6.44. The second-order valence-electron chi connectivity index (χ2n) is 7.23. The molecule has 0 radical (unpaired) electrons. The number of anilines is 1. The Kier molecular flexibility index (Phi) is 4.49. The molecule has 0 bridgehead atoms. The van der Waals surface area contributed by atoms with Gasteiger partial charge in [0.25, 0.3) is 0 Å². The molecule has 1 saturated heterocycles. The molecule has 26 heavy (non-hydrogen) atoms. The first kappa shape index (κ1) is 16.8. The zero-order valence-electron chi connectivity index (χ0n) is 15.3. The van der Waals surface area contributed by atoms with Gasteiger partial charge >= 0.3 is 0 Å². The summed E-state index contributed by atoms with van der Waals surface area (Å²) < 4.78 is 5.87. The predicted molar refractivity (Wildman–Crippen MR) is 99.4 cm³/mol. The minimum atomic E-state index is 0.188. The lowest BCUT2D eigenvalue weighted by Gasteiger charge is -2.40. The van der Waals surface area contributed by atoms with Crippen molar-refractivity contribution in [1.82, 2.24) is 14.9 Å². The van der Waals surface area contributed by atoms with Crippen LogP contribution in [0.5, 0.6) is 11.6 Å². The maximum atomic E-state index is 12.4. The number of amides is 1. The van der Waals surface area contributed by atoms with Gasteiger partial charge in [-0.25, -0.2) is 9.97 Å². The van der Waals surface area contributed by atoms with Gasteiger partial charge in [0.15, 0.2) is 0 Å². The summed E-state index contributed by atoms with van der Waals surface area (Å²) in [5.41, 5.74) is 1.14. The lowest BCUT2D eigenvalue weighted by Crippen LogP contribution is -2.54. The maximum absolute atomic E-state index is 12.4. The molecule has 2 fully saturated rings. The average Bonchev–Trinajstić information content (AvgIpc) is 3.46. The van der Waals surface area contributed by atoms with Crippen LogP contribution in [0.2, 0.25) is 0 Å². The molecule has 6 nitrogen and oxygen atoms in total. The molecule has 6 heteroatoms. The first-order valence-corrected chi connectivity index (χ1v) is 9.22. The summed E-state index contributed by atoms with van der Waals surface area (Å²) in [5, 5.41) is 0. The van der Waals surface area contributed by atoms with Gasteiger partial charge in [-0.3, -0.25) is 4.79 Å². The third-order valence-corrected chi connectivity index (χ3v) is 5.00. The Hall–Kier alpha value is -2.63. The maximum Gasteiger partial charge on any atom is 0.226 e. The van der Waals surface area contributed by atoms with Crippen LogP contribution in [0.4, 0.5) is 5.82 Å². The quantitative estimate of drug-likeness (QED) is 0.846. The van der Waals surface area contributed by atoms with Crippen LogP contribution in [0.1, 0.15) is 25.3 Å². The number of rotatable bonds is 4. The molecule has 1 atom stereocenters. The van der Waals surface area contributed by atoms with E-state index in [1.54, 1.807) is 0 Å². The second kappa shape index (κ2) is 6.94. The molecule has 1 aliphatic heterocycles. The standard InChI is InChI=1S/C20H24N4O2/c1-14-4-3-5-17(10-14)26-19-11-18(21-13-22-19)23-8-9-24(15(2)12-23)20(25)16-6-7-16/h3-5,10-11,13,15-16H,6-9,12H2,1-2H3. The summed E-state index contributed by atoms with van der Waals surface area (Å²) in [6.07, 6.45) is 3.64. The molecule has 1 saturated carbocycles. The van der Waals surface area contributed by atoms with E-state index in [1.165, 1.54) is 6.33 Å². The van der Waals surface area contributed by atoms with Crippen LogP contribution in [0.15, 0.2) is 36.7 Å². The average molecular weight is 352 g/mol. The minimum Gasteiger partial charge on any atom is -0.439 e. The number of benzene rings is 1. The lowest BCUT2D eigenvalue weighted by molar-refractivity contribution is -0.134. The second-order valence-corrected chi connectivity index (χ2v) is 7.23. The zero-order valence-corrected chi connectivity index (χ0v) is 15.3. The van der Waals surface area contributed by atoms with Gasteiger partial charge < -0.3 is 14.5 Å². The molecule has 2 heterocycles. The fourth-order valence-corrected chi connectivity index (χ4v) is 3.42. The Morgan fingerprint density at radius 2 is 2.04 bits per heavy atom. The number of nitrogens with zero attached hydrogens (tertiary/aromatic N) is 4. The number of carbonyl (C=O) groups is 1. The summed E-state index contributed by atoms with van der Waals surface area (Å²) in [6, 6.07) is 9.94. The van der Waals surface area contributed by atoms with Gasteiger partial charge in [0.1, 0.15) is 17.9 Å². The summed E-state index contributed by atoms with van der Waals surface area (Å²) in [7, 11) is 0. The van der Waals surface area contributed by atoms with E-state index < -0.39 is 0 Å². The molecule has 1 aromatic carbocycles. The fraction of sp³-hybridized carbons (Fsp3) is 0.450. The van der Waals surface area contributed by atoms with Gasteiger partial charge in [-0.05, 0) is 44.4 Å². The smallest absolute Gasteiger partial charge is 0.226 e. The van der Waals surface area contributed by atoms with Crippen molar-refractivity contribution in [2.75, 3.05) is 24.5 Å². The SMILES string of the molecule is Cc1cccc(Oc2cc(N3CCN(C(=O)C4CC4)C(C)C3)ncn2)c1. The van der Waals surface area contributed by atoms with Crippen molar-refractivity contribution in [1.29, 1.82) is 0 Å². The van der Waals surface area contributed by atoms with Crippen LogP contribution in [0.3, 0.4) is 0 Å². The Bertz CT molecular complexity index is 806. The number of carbonyl (C=O) groups excluding carboxylic acids is 1. The third kappa shape index (κ3) is 3.64. The van der Waals surface area contributed by atoms with Gasteiger partial charge in [0.05, 0.1) is 0 Å². The highest BCUT2D eigenvalue weighted by molar-refractivity contribution is 5.81. The lowest BCUT2D eigenvalue weighted by atomic mass is 10.1. The van der Waals surface area contributed by atoms with Crippen LogP contribution >= 0.6 is 0 Å². The molecule has 2 aliphatic rings. The van der Waals surface area contributed by atoms with Crippen LogP contribution in [-0.4, -0.2) is 46.5 Å². The topological polar surface area (TPSA) is 58.6 Å². The Morgan fingerprint density at radius 3 is 2.77 bits per heavy atom. The molecule has 136 valence electrons. The van der Waals surface area contributed by atoms with E-state index in [4.69, 9.17) is 4.74 Å². The Labute approximate surface area is 153 Å². The number of piperazine rings is 1. The highest BCUT2D eigenvalue weighted by atomic mass is 16.5. The molecular formula is C20H24N4O2. The van der Waals surface area contributed by atoms with Gasteiger partial charge in [0.2, 0.25) is 11.8 Å². The normalized spacial score (nSPS) is 20.2. The van der Waals surface area contributed by atoms with E-state index >= 15 is 0 Å². The van der Waals surface area contributed by atoms with Crippen molar-refractivity contribution >= 4 is 11.7 Å². The third-order valence-electron chi connectivity index (χ3n) is 5.00. The number of aryl methyl sites for hydroxylation is 1. The number of hydrogen-bond donors (Lipinski definition) is 0. The van der Waals surface area contributed by atoms with Crippen molar-refractivity contribution in [2.45, 2.75) is 32.7 Å². The highest BCUT2D eigenvalue weighted by Crippen LogP contribution is 2.32. The van der Waals surface area contributed by atoms with E-state index in [0.29, 0.717) is 11.8 Å². The molecule has 1 aromatic heterocycles. The summed E-state index contributed by atoms with van der Waals surface area (Å²) >= 11 is 0. The Balaban J connectivity index is 1.44. The van der Waals surface area contributed by atoms with E-state index in [0.717, 1.165) is 49.6 Å². The van der Waals surface area contributed by atoms with Crippen LogP contribution in [0, 0.1) is 12.8 Å². The first-order chi connectivity index (χ1) is 12.6. The van der Waals surface area contributed by atoms with E-state index in [-0.39, 0.29) is 12.0 Å². The zero-order chi connectivity index (χ0) is 18.1. The number of ether oxygens (including phenoxy) is 1. The van der Waals surface area contributed by atoms with Crippen molar-refractivity contribution < 1.29 is 9.53 Å². The van der Waals surface area contributed by atoms with Gasteiger partial charge in [-0.1, -0.05) is 12.1 Å².